The molecule has 160 valence electrons. The number of ether oxygens (including phenoxy) is 1. The van der Waals surface area contributed by atoms with Crippen molar-refractivity contribution in [1.82, 2.24) is 4.98 Å². The van der Waals surface area contributed by atoms with Gasteiger partial charge >= 0.3 is 0 Å². The molecule has 0 atom stereocenters. The van der Waals surface area contributed by atoms with Gasteiger partial charge in [-0.2, -0.15) is 5.26 Å². The average molecular weight is 551 g/mol. The van der Waals surface area contributed by atoms with Gasteiger partial charge < -0.3 is 13.1 Å². The number of allylic oxidation sites excluding steroid dienone is 2. The van der Waals surface area contributed by atoms with Crippen molar-refractivity contribution in [2.45, 2.75) is 16.7 Å². The monoisotopic (exact) mass is 551 g/mol. The van der Waals surface area contributed by atoms with Crippen molar-refractivity contribution in [2.24, 2.45) is 0 Å². The molecule has 0 unspecified atom stereocenters. The van der Waals surface area contributed by atoms with E-state index in [1.165, 1.54) is 37.5 Å². The van der Waals surface area contributed by atoms with Crippen molar-refractivity contribution in [3.8, 4) is 6.07 Å². The quantitative estimate of drug-likeness (QED) is 0.173. The molecule has 0 bridgehead atoms. The van der Waals surface area contributed by atoms with Crippen molar-refractivity contribution in [2.75, 3.05) is 12.4 Å². The Morgan fingerprint density at radius 3 is 2.39 bits per heavy atom. The van der Waals surface area contributed by atoms with Gasteiger partial charge in [0.2, 0.25) is 9.84 Å². The molecule has 1 N–H and O–H groups in total. The maximum atomic E-state index is 12.6. The van der Waals surface area contributed by atoms with E-state index in [1.54, 1.807) is 54.2 Å². The van der Waals surface area contributed by atoms with Crippen LogP contribution in [0.4, 0.5) is 5.82 Å². The van der Waals surface area contributed by atoms with Crippen LogP contribution in [-0.2, 0) is 22.4 Å². The summed E-state index contributed by atoms with van der Waals surface area (Å²) < 4.78 is 35.6. The largest absolute Gasteiger partial charge is 0.501 e. The van der Waals surface area contributed by atoms with Crippen molar-refractivity contribution in [1.29, 1.82) is 5.26 Å². The van der Waals surface area contributed by atoms with E-state index in [9.17, 15) is 18.5 Å². The molecule has 0 saturated heterocycles. The summed E-state index contributed by atoms with van der Waals surface area (Å²) >= 11 is 1.55. The van der Waals surface area contributed by atoms with Crippen LogP contribution in [-0.4, -0.2) is 26.4 Å². The molecule has 31 heavy (non-hydrogen) atoms. The maximum absolute atomic E-state index is 12.6. The Balaban J connectivity index is 2.35. The van der Waals surface area contributed by atoms with Gasteiger partial charge in [-0.15, -0.1) is 0 Å². The first-order valence-electron chi connectivity index (χ1n) is 8.68. The minimum Gasteiger partial charge on any atom is -0.501 e. The smallest absolute Gasteiger partial charge is 0.271 e. The second-order valence-electron chi connectivity index (χ2n) is 5.92. The molecule has 1 heterocycles. The van der Waals surface area contributed by atoms with E-state index in [1.807, 2.05) is 0 Å². The normalized spacial score (nSPS) is 12.6. The van der Waals surface area contributed by atoms with E-state index in [4.69, 9.17) is 7.80 Å². The zero-order valence-electron chi connectivity index (χ0n) is 16.6. The predicted molar refractivity (Wildman–Crippen MR) is 122 cm³/mol. The number of hydrogen-bond donors (Lipinski definition) is 1. The van der Waals surface area contributed by atoms with Gasteiger partial charge in [0.25, 0.3) is 5.91 Å². The summed E-state index contributed by atoms with van der Waals surface area (Å²) in [6.45, 7) is 5.28. The lowest BCUT2D eigenvalue weighted by atomic mass is 10.1. The van der Waals surface area contributed by atoms with Crippen LogP contribution < -0.4 is 5.32 Å². The summed E-state index contributed by atoms with van der Waals surface area (Å²) in [5.74, 6) is -0.359. The number of carbonyl (C=O) groups excluding carboxylic acids is 1. The van der Waals surface area contributed by atoms with Crippen LogP contribution in [0.15, 0.2) is 93.8 Å². The summed E-state index contributed by atoms with van der Waals surface area (Å²) in [4.78, 5) is 16.7. The Hall–Kier alpha value is -3.17. The van der Waals surface area contributed by atoms with E-state index in [0.717, 1.165) is 6.20 Å². The zero-order chi connectivity index (χ0) is 23.0. The number of pyridine rings is 1. The SMILES string of the molecule is C=CC(/C(OI)=C(\C#N)C(=O)Nc1ccc(S(=O)(=O)c2ccccc2)cn1)=C(/C)OC. The second-order valence-corrected chi connectivity index (χ2v) is 8.31. The lowest BCUT2D eigenvalue weighted by Gasteiger charge is -2.12. The van der Waals surface area contributed by atoms with E-state index >= 15 is 0 Å². The third-order valence-electron chi connectivity index (χ3n) is 4.12. The molecule has 0 spiro atoms. The van der Waals surface area contributed by atoms with Crippen LogP contribution in [0.1, 0.15) is 6.92 Å². The fourth-order valence-corrected chi connectivity index (χ4v) is 4.14. The number of hydrogen-bond acceptors (Lipinski definition) is 7. The number of rotatable bonds is 8. The number of nitrogens with zero attached hydrogens (tertiary/aromatic N) is 2. The fraction of sp³-hybridized carbons (Fsp3) is 0.0952. The van der Waals surface area contributed by atoms with Crippen molar-refractivity contribution in [3.63, 3.8) is 0 Å². The Kier molecular flexibility index (Phi) is 8.35. The number of nitrogens with one attached hydrogen (secondary N) is 1. The highest BCUT2D eigenvalue weighted by Crippen LogP contribution is 2.25. The lowest BCUT2D eigenvalue weighted by Crippen LogP contribution is -2.17. The lowest BCUT2D eigenvalue weighted by molar-refractivity contribution is -0.112. The predicted octanol–water partition coefficient (Wildman–Crippen LogP) is 4.10. The molecule has 1 amide bonds. The van der Waals surface area contributed by atoms with Gasteiger partial charge in [0.1, 0.15) is 17.6 Å². The van der Waals surface area contributed by atoms with Crippen LogP contribution in [0.25, 0.3) is 0 Å². The van der Waals surface area contributed by atoms with Gasteiger partial charge in [-0.3, -0.25) is 4.79 Å². The molecular weight excluding hydrogens is 533 g/mol. The first-order chi connectivity index (χ1) is 14.8. The highest BCUT2D eigenvalue weighted by molar-refractivity contribution is 14.1. The zero-order valence-corrected chi connectivity index (χ0v) is 19.6. The number of benzene rings is 1. The highest BCUT2D eigenvalue weighted by atomic mass is 127. The van der Waals surface area contributed by atoms with Crippen LogP contribution in [0.3, 0.4) is 0 Å². The minimum atomic E-state index is -3.74. The Bertz CT molecular complexity index is 1180. The summed E-state index contributed by atoms with van der Waals surface area (Å²) in [5.41, 5.74) is 0.00402. The summed E-state index contributed by atoms with van der Waals surface area (Å²) in [6.07, 6.45) is 2.53. The molecular formula is C21H18IN3O5S. The number of sulfone groups is 1. The molecule has 0 aliphatic heterocycles. The third-order valence-corrected chi connectivity index (χ3v) is 6.31. The van der Waals surface area contributed by atoms with E-state index in [0.29, 0.717) is 11.3 Å². The topological polar surface area (TPSA) is 118 Å². The first kappa shape index (κ1) is 24.1. The highest BCUT2D eigenvalue weighted by Gasteiger charge is 2.22. The third kappa shape index (κ3) is 5.50. The molecule has 2 rings (SSSR count). The van der Waals surface area contributed by atoms with Gasteiger partial charge in [-0.25, -0.2) is 13.4 Å². The number of anilines is 1. The van der Waals surface area contributed by atoms with Crippen LogP contribution in [0.5, 0.6) is 0 Å². The molecule has 8 nitrogen and oxygen atoms in total. The Morgan fingerprint density at radius 1 is 1.23 bits per heavy atom. The number of aromatic nitrogens is 1. The number of carbonyl (C=O) groups is 1. The van der Waals surface area contributed by atoms with Gasteiger partial charge in [-0.05, 0) is 31.2 Å². The Labute approximate surface area is 194 Å². The molecule has 0 radical (unpaired) electrons. The molecule has 0 fully saturated rings. The molecule has 0 aliphatic rings. The Morgan fingerprint density at radius 2 is 1.90 bits per heavy atom. The van der Waals surface area contributed by atoms with E-state index < -0.39 is 15.7 Å². The van der Waals surface area contributed by atoms with Crippen molar-refractivity contribution in [3.05, 3.63) is 84.0 Å². The van der Waals surface area contributed by atoms with Gasteiger partial charge in [-0.1, -0.05) is 30.9 Å². The van der Waals surface area contributed by atoms with Gasteiger partial charge in [0.05, 0.1) is 22.5 Å². The van der Waals surface area contributed by atoms with Gasteiger partial charge in [0, 0.05) is 6.20 Å². The van der Waals surface area contributed by atoms with Gasteiger partial charge in [0.15, 0.2) is 34.3 Å². The molecule has 1 aromatic heterocycles. The summed E-state index contributed by atoms with van der Waals surface area (Å²) in [7, 11) is -2.30. The van der Waals surface area contributed by atoms with Crippen LogP contribution in [0.2, 0.25) is 0 Å². The fourth-order valence-electron chi connectivity index (χ4n) is 2.45. The average Bonchev–Trinajstić information content (AvgIpc) is 2.79. The number of halogens is 1. The minimum absolute atomic E-state index is 0.0294. The summed E-state index contributed by atoms with van der Waals surface area (Å²) in [5, 5.41) is 12.0. The number of nitriles is 1. The molecule has 0 saturated carbocycles. The van der Waals surface area contributed by atoms with E-state index in [2.05, 4.69) is 16.9 Å². The molecule has 0 aliphatic carbocycles. The maximum Gasteiger partial charge on any atom is 0.271 e. The standard InChI is InChI=1S/C21H18IN3O5S/c1-4-17(14(2)29-3)20(30-22)18(12-23)21(26)25-19-11-10-16(13-24-19)31(27,28)15-8-6-5-7-9-15/h4-11,13H,1H2,2-3H3,(H,24,25,26)/b17-14+,20-18-. The number of methoxy groups -OCH3 is 1. The van der Waals surface area contributed by atoms with Crippen molar-refractivity contribution < 1.29 is 21.0 Å². The first-order valence-corrected chi connectivity index (χ1v) is 11.0. The van der Waals surface area contributed by atoms with Crippen LogP contribution >= 0.6 is 23.0 Å². The summed E-state index contributed by atoms with van der Waals surface area (Å²) in [6, 6.07) is 12.4. The second kappa shape index (κ2) is 10.7. The van der Waals surface area contributed by atoms with Crippen LogP contribution in [0, 0.1) is 11.3 Å². The molecule has 1 aromatic carbocycles. The van der Waals surface area contributed by atoms with Crippen molar-refractivity contribution >= 4 is 44.6 Å². The molecule has 2 aromatic rings. The van der Waals surface area contributed by atoms with E-state index in [-0.39, 0.29) is 26.9 Å². The number of amides is 1. The molecule has 10 heteroatoms.